The second-order valence-corrected chi connectivity index (χ2v) is 4.46. The van der Waals surface area contributed by atoms with Crippen molar-refractivity contribution in [3.05, 3.63) is 27.9 Å². The molecule has 0 atom stereocenters. The zero-order valence-corrected chi connectivity index (χ0v) is 8.46. The number of hydrogen-bond donors (Lipinski definition) is 0. The molecule has 0 saturated carbocycles. The van der Waals surface area contributed by atoms with Crippen LogP contribution in [0.5, 0.6) is 0 Å². The molecule has 2 aromatic rings. The Bertz CT molecular complexity index is 433. The Morgan fingerprint density at radius 1 is 1.42 bits per heavy atom. The van der Waals surface area contributed by atoms with Crippen molar-refractivity contribution in [3.63, 3.8) is 0 Å². The molecule has 0 radical (unpaired) electrons. The monoisotopic (exact) mass is 197 g/mol. The van der Waals surface area contributed by atoms with Gasteiger partial charge in [0.25, 0.3) is 0 Å². The van der Waals surface area contributed by atoms with E-state index in [1.807, 2.05) is 13.1 Å². The van der Waals surface area contributed by atoms with Crippen molar-refractivity contribution in [2.24, 2.45) is 0 Å². The van der Waals surface area contributed by atoms with E-state index < -0.39 is 0 Å². The van der Waals surface area contributed by atoms with E-state index >= 15 is 0 Å². The molecule has 0 spiro atoms. The zero-order valence-electron chi connectivity index (χ0n) is 6.89. The van der Waals surface area contributed by atoms with Crippen LogP contribution in [0.25, 0.3) is 10.1 Å². The van der Waals surface area contributed by atoms with Gasteiger partial charge in [0, 0.05) is 16.5 Å². The third kappa shape index (κ3) is 1.11. The first-order valence-electron chi connectivity index (χ1n) is 3.70. The quantitative estimate of drug-likeness (QED) is 0.629. The summed E-state index contributed by atoms with van der Waals surface area (Å²) >= 11 is 7.81. The molecule has 0 aliphatic heterocycles. The summed E-state index contributed by atoms with van der Waals surface area (Å²) in [6, 6.07) is 2.11. The van der Waals surface area contributed by atoms with E-state index in [1.165, 1.54) is 9.58 Å². The van der Waals surface area contributed by atoms with E-state index in [0.29, 0.717) is 0 Å². The van der Waals surface area contributed by atoms with E-state index in [2.05, 4.69) is 18.0 Å². The third-order valence-electron chi connectivity index (χ3n) is 1.81. The highest BCUT2D eigenvalue weighted by molar-refractivity contribution is 7.19. The molecule has 0 amide bonds. The molecule has 2 heterocycles. The molecule has 0 unspecified atom stereocenters. The van der Waals surface area contributed by atoms with Gasteiger partial charge in [-0.25, -0.2) is 0 Å². The van der Waals surface area contributed by atoms with E-state index in [9.17, 15) is 0 Å². The number of fused-ring (bicyclic) bond motifs is 1. The summed E-state index contributed by atoms with van der Waals surface area (Å²) in [6.07, 6.45) is 1.88. The van der Waals surface area contributed by atoms with Crippen molar-refractivity contribution in [1.82, 2.24) is 4.98 Å². The van der Waals surface area contributed by atoms with Gasteiger partial charge in [-0.2, -0.15) is 0 Å². The third-order valence-corrected chi connectivity index (χ3v) is 3.28. The summed E-state index contributed by atoms with van der Waals surface area (Å²) in [5, 5.41) is 1.92. The van der Waals surface area contributed by atoms with E-state index in [1.54, 1.807) is 11.3 Å². The number of pyridine rings is 1. The highest BCUT2D eigenvalue weighted by Crippen LogP contribution is 2.31. The van der Waals surface area contributed by atoms with Crippen LogP contribution in [0.2, 0.25) is 5.02 Å². The first-order chi connectivity index (χ1) is 5.68. The average molecular weight is 198 g/mol. The van der Waals surface area contributed by atoms with Crippen LogP contribution < -0.4 is 0 Å². The second kappa shape index (κ2) is 2.71. The maximum absolute atomic E-state index is 6.08. The fourth-order valence-electron chi connectivity index (χ4n) is 1.21. The van der Waals surface area contributed by atoms with Gasteiger partial charge in [-0.3, -0.25) is 4.98 Å². The van der Waals surface area contributed by atoms with Gasteiger partial charge < -0.3 is 0 Å². The average Bonchev–Trinajstić information content (AvgIpc) is 2.39. The van der Waals surface area contributed by atoms with Crippen molar-refractivity contribution in [2.45, 2.75) is 13.8 Å². The summed E-state index contributed by atoms with van der Waals surface area (Å²) in [5.41, 5.74) is 0.905. The van der Waals surface area contributed by atoms with Crippen LogP contribution in [-0.4, -0.2) is 4.98 Å². The molecule has 0 N–H and O–H groups in total. The second-order valence-electron chi connectivity index (χ2n) is 2.79. The normalized spacial score (nSPS) is 10.9. The van der Waals surface area contributed by atoms with Crippen molar-refractivity contribution < 1.29 is 0 Å². The lowest BCUT2D eigenvalue weighted by atomic mass is 10.2. The molecule has 0 aliphatic carbocycles. The Kier molecular flexibility index (Phi) is 1.81. The van der Waals surface area contributed by atoms with Gasteiger partial charge in [-0.05, 0) is 19.9 Å². The van der Waals surface area contributed by atoms with E-state index in [4.69, 9.17) is 11.6 Å². The van der Waals surface area contributed by atoms with Crippen LogP contribution >= 0.6 is 22.9 Å². The maximum atomic E-state index is 6.08. The fraction of sp³-hybridized carbons (Fsp3) is 0.222. The molecule has 0 aliphatic rings. The Morgan fingerprint density at radius 2 is 2.17 bits per heavy atom. The van der Waals surface area contributed by atoms with Crippen LogP contribution in [0, 0.1) is 13.8 Å². The van der Waals surface area contributed by atoms with Crippen molar-refractivity contribution >= 4 is 33.0 Å². The van der Waals surface area contributed by atoms with Crippen LogP contribution in [-0.2, 0) is 0 Å². The molecule has 0 bridgehead atoms. The predicted octanol–water partition coefficient (Wildman–Crippen LogP) is 3.57. The number of rotatable bonds is 0. The Balaban J connectivity index is 2.89. The zero-order chi connectivity index (χ0) is 8.72. The Hall–Kier alpha value is -0.600. The first kappa shape index (κ1) is 8.02. The SMILES string of the molecule is Cc1cc2c(Cl)c(C)ncc2s1. The van der Waals surface area contributed by atoms with Crippen molar-refractivity contribution in [2.75, 3.05) is 0 Å². The number of nitrogens with zero attached hydrogens (tertiary/aromatic N) is 1. The molecule has 0 fully saturated rings. The smallest absolute Gasteiger partial charge is 0.0705 e. The van der Waals surface area contributed by atoms with E-state index in [-0.39, 0.29) is 0 Å². The van der Waals surface area contributed by atoms with Gasteiger partial charge in [0.05, 0.1) is 15.4 Å². The minimum atomic E-state index is 0.789. The summed E-state index contributed by atoms with van der Waals surface area (Å²) in [4.78, 5) is 5.48. The van der Waals surface area contributed by atoms with Gasteiger partial charge in [-0.1, -0.05) is 11.6 Å². The molecule has 12 heavy (non-hydrogen) atoms. The minimum absolute atomic E-state index is 0.789. The lowest BCUT2D eigenvalue weighted by Crippen LogP contribution is -1.80. The van der Waals surface area contributed by atoms with Gasteiger partial charge in [0.1, 0.15) is 0 Å². The number of aromatic nitrogens is 1. The van der Waals surface area contributed by atoms with Gasteiger partial charge >= 0.3 is 0 Å². The largest absolute Gasteiger partial charge is 0.259 e. The van der Waals surface area contributed by atoms with Crippen molar-refractivity contribution in [3.8, 4) is 0 Å². The predicted molar refractivity (Wildman–Crippen MR) is 54.1 cm³/mol. The van der Waals surface area contributed by atoms with Gasteiger partial charge in [0.2, 0.25) is 0 Å². The first-order valence-corrected chi connectivity index (χ1v) is 4.89. The van der Waals surface area contributed by atoms with Gasteiger partial charge in [0.15, 0.2) is 0 Å². The molecule has 62 valence electrons. The number of hydrogen-bond acceptors (Lipinski definition) is 2. The summed E-state index contributed by atoms with van der Waals surface area (Å²) in [5.74, 6) is 0. The Labute approximate surface area is 80.0 Å². The van der Waals surface area contributed by atoms with Crippen LogP contribution in [0.15, 0.2) is 12.3 Å². The standard InChI is InChI=1S/C9H8ClNS/c1-5-3-7-8(12-5)4-11-6(2)9(7)10/h3-4H,1-2H3. The number of thiophene rings is 1. The highest BCUT2D eigenvalue weighted by Gasteiger charge is 2.05. The molecule has 0 saturated heterocycles. The molecule has 2 aromatic heterocycles. The summed E-state index contributed by atoms with van der Waals surface area (Å²) < 4.78 is 1.17. The number of aryl methyl sites for hydroxylation is 2. The molecule has 0 aromatic carbocycles. The van der Waals surface area contributed by atoms with Crippen LogP contribution in [0.3, 0.4) is 0 Å². The molecule has 1 nitrogen and oxygen atoms in total. The lowest BCUT2D eigenvalue weighted by molar-refractivity contribution is 1.23. The topological polar surface area (TPSA) is 12.9 Å². The summed E-state index contributed by atoms with van der Waals surface area (Å²) in [6.45, 7) is 4.01. The van der Waals surface area contributed by atoms with Crippen LogP contribution in [0.1, 0.15) is 10.6 Å². The van der Waals surface area contributed by atoms with Crippen LogP contribution in [0.4, 0.5) is 0 Å². The number of halogens is 1. The van der Waals surface area contributed by atoms with Gasteiger partial charge in [-0.15, -0.1) is 11.3 Å². The minimum Gasteiger partial charge on any atom is -0.259 e. The Morgan fingerprint density at radius 3 is 2.92 bits per heavy atom. The maximum Gasteiger partial charge on any atom is 0.0705 e. The van der Waals surface area contributed by atoms with E-state index in [0.717, 1.165) is 16.1 Å². The lowest BCUT2D eigenvalue weighted by Gasteiger charge is -1.96. The van der Waals surface area contributed by atoms with Crippen molar-refractivity contribution in [1.29, 1.82) is 0 Å². The fourth-order valence-corrected chi connectivity index (χ4v) is 2.37. The highest BCUT2D eigenvalue weighted by atomic mass is 35.5. The molecule has 3 heteroatoms. The summed E-state index contributed by atoms with van der Waals surface area (Å²) in [7, 11) is 0. The molecular formula is C9H8ClNS. The molecule has 2 rings (SSSR count). The molecular weight excluding hydrogens is 190 g/mol.